The molecule has 0 aliphatic rings. The van der Waals surface area contributed by atoms with Gasteiger partial charge in [0.2, 0.25) is 0 Å². The van der Waals surface area contributed by atoms with Gasteiger partial charge in [0.05, 0.1) is 0 Å². The number of carbonyl (C=O) groups excluding carboxylic acids is 1. The fraction of sp³-hybridized carbons (Fsp3) is 0.722. The molecular weight excluding hydrogens is 310 g/mol. The second-order valence-electron chi connectivity index (χ2n) is 5.35. The summed E-state index contributed by atoms with van der Waals surface area (Å²) in [7, 11) is 0. The van der Waals surface area contributed by atoms with E-state index >= 15 is 0 Å². The Balaban J connectivity index is -0.00000180. The number of unbranched alkanes of at least 4 members (excludes halogenated alkanes) is 8. The van der Waals surface area contributed by atoms with E-state index in [-0.39, 0.29) is 87.4 Å². The second kappa shape index (κ2) is 24.8. The number of allylic oxidation sites excluding steroid dienone is 4. The SMILES string of the molecule is CCCCC/C=C\C/C=C\CCCCCCCC(=O)[O-].[K+].[NaH]. The maximum atomic E-state index is 10.2. The van der Waals surface area contributed by atoms with Gasteiger partial charge < -0.3 is 9.90 Å². The van der Waals surface area contributed by atoms with Crippen molar-refractivity contribution in [1.29, 1.82) is 0 Å². The Kier molecular flexibility index (Phi) is 32.0. The van der Waals surface area contributed by atoms with Crippen molar-refractivity contribution >= 4 is 35.5 Å². The first-order chi connectivity index (χ1) is 9.77. The Labute approximate surface area is 202 Å². The second-order valence-corrected chi connectivity index (χ2v) is 5.35. The van der Waals surface area contributed by atoms with E-state index in [1.54, 1.807) is 0 Å². The van der Waals surface area contributed by atoms with Crippen molar-refractivity contribution in [2.75, 3.05) is 0 Å². The van der Waals surface area contributed by atoms with Crippen LogP contribution in [0.2, 0.25) is 0 Å². The molecule has 2 nitrogen and oxygen atoms in total. The molecule has 0 heterocycles. The minimum absolute atomic E-state index is 0. The van der Waals surface area contributed by atoms with E-state index in [1.807, 2.05) is 0 Å². The Morgan fingerprint density at radius 2 is 1.32 bits per heavy atom. The molecule has 0 aromatic carbocycles. The summed E-state index contributed by atoms with van der Waals surface area (Å²) < 4.78 is 0. The topological polar surface area (TPSA) is 40.1 Å². The Morgan fingerprint density at radius 3 is 1.86 bits per heavy atom. The van der Waals surface area contributed by atoms with Gasteiger partial charge in [-0.3, -0.25) is 0 Å². The van der Waals surface area contributed by atoms with Gasteiger partial charge in [-0.25, -0.2) is 0 Å². The molecule has 118 valence electrons. The first-order valence-corrected chi connectivity index (χ1v) is 8.27. The number of aliphatic carboxylic acids is 1. The molecule has 0 aliphatic carbocycles. The summed E-state index contributed by atoms with van der Waals surface area (Å²) in [4.78, 5) is 10.2. The summed E-state index contributed by atoms with van der Waals surface area (Å²) in [6, 6.07) is 0. The van der Waals surface area contributed by atoms with Gasteiger partial charge in [0.15, 0.2) is 0 Å². The molecule has 22 heavy (non-hydrogen) atoms. The monoisotopic (exact) mass is 342 g/mol. The number of carboxylic acid groups (broad SMARTS) is 1. The Morgan fingerprint density at radius 1 is 0.818 bits per heavy atom. The molecule has 0 aromatic heterocycles. The van der Waals surface area contributed by atoms with E-state index in [9.17, 15) is 9.90 Å². The van der Waals surface area contributed by atoms with Crippen LogP contribution in [0.1, 0.15) is 84.0 Å². The van der Waals surface area contributed by atoms with E-state index in [2.05, 4.69) is 31.2 Å². The molecule has 0 saturated carbocycles. The van der Waals surface area contributed by atoms with Crippen molar-refractivity contribution in [3.8, 4) is 0 Å². The normalized spacial score (nSPS) is 10.6. The number of carbonyl (C=O) groups is 1. The third kappa shape index (κ3) is 26.5. The first-order valence-electron chi connectivity index (χ1n) is 8.27. The van der Waals surface area contributed by atoms with Gasteiger partial charge in [-0.15, -0.1) is 0 Å². The number of carboxylic acids is 1. The van der Waals surface area contributed by atoms with Crippen LogP contribution in [0.5, 0.6) is 0 Å². The number of hydrogen-bond acceptors (Lipinski definition) is 2. The van der Waals surface area contributed by atoms with Crippen molar-refractivity contribution in [2.24, 2.45) is 0 Å². The minimum atomic E-state index is -0.921. The molecule has 0 fully saturated rings. The van der Waals surface area contributed by atoms with Crippen LogP contribution in [0, 0.1) is 0 Å². The van der Waals surface area contributed by atoms with Crippen molar-refractivity contribution in [3.05, 3.63) is 24.3 Å². The molecule has 0 saturated heterocycles. The van der Waals surface area contributed by atoms with E-state index in [0.29, 0.717) is 0 Å². The van der Waals surface area contributed by atoms with Crippen molar-refractivity contribution in [2.45, 2.75) is 84.0 Å². The third-order valence-electron chi connectivity index (χ3n) is 3.33. The molecule has 0 spiro atoms. The molecule has 0 radical (unpaired) electrons. The van der Waals surface area contributed by atoms with Gasteiger partial charge in [0.1, 0.15) is 0 Å². The average Bonchev–Trinajstić information content (AvgIpc) is 2.43. The summed E-state index contributed by atoms with van der Waals surface area (Å²) in [5.74, 6) is -0.921. The molecular formula is C18H32KNaO2. The van der Waals surface area contributed by atoms with Gasteiger partial charge in [0, 0.05) is 5.97 Å². The predicted octanol–water partition coefficient (Wildman–Crippen LogP) is 0.905. The van der Waals surface area contributed by atoms with Crippen LogP contribution < -0.4 is 56.5 Å². The van der Waals surface area contributed by atoms with Gasteiger partial charge >= 0.3 is 80.9 Å². The zero-order valence-corrected chi connectivity index (χ0v) is 17.2. The molecule has 4 heteroatoms. The summed E-state index contributed by atoms with van der Waals surface area (Å²) in [6.45, 7) is 2.23. The zero-order valence-electron chi connectivity index (χ0n) is 14.1. The van der Waals surface area contributed by atoms with Crippen LogP contribution in [0.15, 0.2) is 24.3 Å². The number of rotatable bonds is 14. The Hall–Kier alpha value is 1.59. The zero-order chi connectivity index (χ0) is 14.9. The fourth-order valence-corrected chi connectivity index (χ4v) is 2.08. The van der Waals surface area contributed by atoms with E-state index in [1.165, 1.54) is 38.5 Å². The van der Waals surface area contributed by atoms with Gasteiger partial charge in [-0.1, -0.05) is 63.3 Å². The van der Waals surface area contributed by atoms with E-state index in [0.717, 1.165) is 32.1 Å². The summed E-state index contributed by atoms with van der Waals surface area (Å²) in [6.07, 6.45) is 21.9. The molecule has 0 aliphatic heterocycles. The predicted molar refractivity (Wildman–Crippen MR) is 91.5 cm³/mol. The summed E-state index contributed by atoms with van der Waals surface area (Å²) in [5, 5.41) is 10.2. The van der Waals surface area contributed by atoms with E-state index < -0.39 is 5.97 Å². The number of hydrogen-bond donors (Lipinski definition) is 0. The first kappa shape index (κ1) is 28.4. The molecule has 0 bridgehead atoms. The van der Waals surface area contributed by atoms with Crippen LogP contribution in [0.3, 0.4) is 0 Å². The molecule has 0 atom stereocenters. The maximum absolute atomic E-state index is 10.2. The summed E-state index contributed by atoms with van der Waals surface area (Å²) >= 11 is 0. The molecule has 0 aromatic rings. The molecule has 0 N–H and O–H groups in total. The van der Waals surface area contributed by atoms with Crippen LogP contribution in [0.4, 0.5) is 0 Å². The van der Waals surface area contributed by atoms with Gasteiger partial charge in [-0.2, -0.15) is 0 Å². The van der Waals surface area contributed by atoms with Crippen LogP contribution >= 0.6 is 0 Å². The van der Waals surface area contributed by atoms with Gasteiger partial charge in [0.25, 0.3) is 0 Å². The van der Waals surface area contributed by atoms with Crippen LogP contribution in [0.25, 0.3) is 0 Å². The average molecular weight is 343 g/mol. The van der Waals surface area contributed by atoms with Gasteiger partial charge in [-0.05, 0) is 44.9 Å². The molecule has 0 amide bonds. The summed E-state index contributed by atoms with van der Waals surface area (Å²) in [5.41, 5.74) is 0. The van der Waals surface area contributed by atoms with Crippen LogP contribution in [-0.4, -0.2) is 35.5 Å². The molecule has 0 unspecified atom stereocenters. The van der Waals surface area contributed by atoms with E-state index in [4.69, 9.17) is 0 Å². The van der Waals surface area contributed by atoms with Crippen molar-refractivity contribution in [1.82, 2.24) is 0 Å². The third-order valence-corrected chi connectivity index (χ3v) is 3.33. The van der Waals surface area contributed by atoms with Crippen molar-refractivity contribution in [3.63, 3.8) is 0 Å². The fourth-order valence-electron chi connectivity index (χ4n) is 2.08. The molecule has 0 rings (SSSR count). The standard InChI is InChI=1S/C18H32O2.K.Na.H/c1-2-3-4-5-6-7-8-9-10-11-12-13-14-15-16-17-18(19)20;;;/h6-7,9-10H,2-5,8,11-17H2,1H3,(H,19,20);;;/q;+1;;/p-1/b7-6-,10-9-;;;. The Bertz CT molecular complexity index is 278. The van der Waals surface area contributed by atoms with Crippen LogP contribution in [-0.2, 0) is 4.79 Å². The quantitative estimate of drug-likeness (QED) is 0.267. The van der Waals surface area contributed by atoms with Crippen molar-refractivity contribution < 1.29 is 61.3 Å².